The van der Waals surface area contributed by atoms with Crippen molar-refractivity contribution in [2.24, 2.45) is 4.99 Å². The average molecular weight is 505 g/mol. The summed E-state index contributed by atoms with van der Waals surface area (Å²) in [5.41, 5.74) is 2.49. The highest BCUT2D eigenvalue weighted by Crippen LogP contribution is 2.05. The van der Waals surface area contributed by atoms with Crippen molar-refractivity contribution in [2.75, 3.05) is 45.8 Å². The molecular weight excluding hydrogens is 473 g/mol. The van der Waals surface area contributed by atoms with Crippen LogP contribution in [-0.4, -0.2) is 66.6 Å². The fourth-order valence-corrected chi connectivity index (χ4v) is 3.31. The molecule has 0 amide bonds. The third-order valence-electron chi connectivity index (χ3n) is 4.87. The molecule has 29 heavy (non-hydrogen) atoms. The van der Waals surface area contributed by atoms with E-state index < -0.39 is 0 Å². The van der Waals surface area contributed by atoms with Gasteiger partial charge in [-0.3, -0.25) is 14.9 Å². The molecule has 0 spiro atoms. The van der Waals surface area contributed by atoms with Crippen LogP contribution in [0, 0.1) is 0 Å². The molecule has 0 bridgehead atoms. The maximum Gasteiger partial charge on any atom is 0.194 e. The number of hydrogen-bond donors (Lipinski definition) is 1. The summed E-state index contributed by atoms with van der Waals surface area (Å²) in [6, 6.07) is 14.6. The number of aromatic nitrogens is 1. The smallest absolute Gasteiger partial charge is 0.194 e. The Morgan fingerprint density at radius 2 is 1.90 bits per heavy atom. The molecule has 0 radical (unpaired) electrons. The molecule has 1 N–H and O–H groups in total. The maximum atomic E-state index is 4.83. The number of aliphatic imine (C=N–C) groups is 1. The Kier molecular flexibility index (Phi) is 10.7. The number of benzene rings is 1. The zero-order valence-corrected chi connectivity index (χ0v) is 19.5. The Balaban J connectivity index is 0.00000300. The molecule has 0 atom stereocenters. The molecule has 6 heteroatoms. The molecule has 0 aliphatic carbocycles. The lowest BCUT2D eigenvalue weighted by atomic mass is 10.2. The van der Waals surface area contributed by atoms with Crippen LogP contribution in [0.2, 0.25) is 0 Å². The number of nitrogens with one attached hydrogen (secondary N) is 1. The van der Waals surface area contributed by atoms with E-state index in [0.717, 1.165) is 58.2 Å². The SMILES string of the molecule is CCNC(=NCCc1cccnc1)N1CCN(C/C=C/c2ccccc2)CC1.I. The molecule has 1 aromatic carbocycles. The highest BCUT2D eigenvalue weighted by molar-refractivity contribution is 14.0. The Bertz CT molecular complexity index is 740. The predicted octanol–water partition coefficient (Wildman–Crippen LogP) is 3.54. The van der Waals surface area contributed by atoms with Gasteiger partial charge >= 0.3 is 0 Å². The number of guanidine groups is 1. The molecule has 1 aliphatic rings. The van der Waals surface area contributed by atoms with E-state index in [0.29, 0.717) is 0 Å². The third-order valence-corrected chi connectivity index (χ3v) is 4.87. The first-order valence-corrected chi connectivity index (χ1v) is 10.2. The highest BCUT2D eigenvalue weighted by Gasteiger charge is 2.18. The first kappa shape index (κ1) is 23.3. The molecule has 3 rings (SSSR count). The minimum Gasteiger partial charge on any atom is -0.357 e. The van der Waals surface area contributed by atoms with Gasteiger partial charge in [-0.05, 0) is 30.5 Å². The first-order chi connectivity index (χ1) is 13.8. The third kappa shape index (κ3) is 8.14. The van der Waals surface area contributed by atoms with Gasteiger partial charge in [0.1, 0.15) is 0 Å². The molecule has 2 aromatic rings. The zero-order valence-electron chi connectivity index (χ0n) is 17.2. The standard InChI is InChI=1S/C23H31N5.HI/c1-2-25-23(26-14-12-22-10-6-13-24-20-22)28-18-16-27(17-19-28)15-7-11-21-8-4-3-5-9-21;/h3-11,13,20H,2,12,14-19H2,1H3,(H,25,26);1H/b11-7+;. The van der Waals surface area contributed by atoms with E-state index in [-0.39, 0.29) is 24.0 Å². The Morgan fingerprint density at radius 1 is 1.10 bits per heavy atom. The van der Waals surface area contributed by atoms with E-state index in [1.165, 1.54) is 11.1 Å². The van der Waals surface area contributed by atoms with Crippen molar-refractivity contribution < 1.29 is 0 Å². The van der Waals surface area contributed by atoms with Crippen molar-refractivity contribution in [1.29, 1.82) is 0 Å². The van der Waals surface area contributed by atoms with Crippen LogP contribution >= 0.6 is 24.0 Å². The lowest BCUT2D eigenvalue weighted by Crippen LogP contribution is -2.52. The van der Waals surface area contributed by atoms with Crippen LogP contribution < -0.4 is 5.32 Å². The quantitative estimate of drug-likeness (QED) is 0.355. The molecule has 1 saturated heterocycles. The molecular formula is C23H32IN5. The van der Waals surface area contributed by atoms with Crippen molar-refractivity contribution in [3.8, 4) is 0 Å². The number of nitrogens with zero attached hydrogens (tertiary/aromatic N) is 4. The molecule has 0 unspecified atom stereocenters. The van der Waals surface area contributed by atoms with Crippen molar-refractivity contribution >= 4 is 36.0 Å². The molecule has 0 saturated carbocycles. The maximum absolute atomic E-state index is 4.83. The van der Waals surface area contributed by atoms with E-state index in [1.807, 2.05) is 18.5 Å². The van der Waals surface area contributed by atoms with E-state index >= 15 is 0 Å². The van der Waals surface area contributed by atoms with Crippen LogP contribution in [0.25, 0.3) is 6.08 Å². The van der Waals surface area contributed by atoms with Gasteiger partial charge in [-0.25, -0.2) is 0 Å². The van der Waals surface area contributed by atoms with Crippen molar-refractivity contribution in [2.45, 2.75) is 13.3 Å². The Morgan fingerprint density at radius 3 is 2.59 bits per heavy atom. The van der Waals surface area contributed by atoms with Crippen molar-refractivity contribution in [1.82, 2.24) is 20.1 Å². The van der Waals surface area contributed by atoms with Crippen LogP contribution in [0.4, 0.5) is 0 Å². The van der Waals surface area contributed by atoms with Crippen LogP contribution in [-0.2, 0) is 6.42 Å². The lowest BCUT2D eigenvalue weighted by Gasteiger charge is -2.36. The van der Waals surface area contributed by atoms with E-state index in [1.54, 1.807) is 0 Å². The minimum atomic E-state index is 0. The summed E-state index contributed by atoms with van der Waals surface area (Å²) in [6.45, 7) is 8.95. The van der Waals surface area contributed by atoms with Crippen molar-refractivity contribution in [3.63, 3.8) is 0 Å². The van der Waals surface area contributed by atoms with Crippen LogP contribution in [0.15, 0.2) is 65.9 Å². The van der Waals surface area contributed by atoms with Crippen LogP contribution in [0.1, 0.15) is 18.1 Å². The van der Waals surface area contributed by atoms with Gasteiger partial charge in [-0.2, -0.15) is 0 Å². The molecule has 1 aliphatic heterocycles. The van der Waals surface area contributed by atoms with Gasteiger partial charge in [-0.15, -0.1) is 24.0 Å². The van der Waals surface area contributed by atoms with Gasteiger partial charge in [0, 0.05) is 58.2 Å². The van der Waals surface area contributed by atoms with Gasteiger partial charge < -0.3 is 10.2 Å². The molecule has 156 valence electrons. The van der Waals surface area contributed by atoms with Gasteiger partial charge in [0.2, 0.25) is 0 Å². The fourth-order valence-electron chi connectivity index (χ4n) is 3.31. The topological polar surface area (TPSA) is 43.8 Å². The van der Waals surface area contributed by atoms with Gasteiger partial charge in [0.05, 0.1) is 0 Å². The number of pyridine rings is 1. The normalized spacial score (nSPS) is 15.3. The van der Waals surface area contributed by atoms with Crippen LogP contribution in [0.5, 0.6) is 0 Å². The lowest BCUT2D eigenvalue weighted by molar-refractivity contribution is 0.194. The molecule has 1 fully saturated rings. The fraction of sp³-hybridized carbons (Fsp3) is 0.391. The molecule has 1 aromatic heterocycles. The summed E-state index contributed by atoms with van der Waals surface area (Å²) in [7, 11) is 0. The number of hydrogen-bond acceptors (Lipinski definition) is 3. The minimum absolute atomic E-state index is 0. The van der Waals surface area contributed by atoms with Crippen LogP contribution in [0.3, 0.4) is 0 Å². The number of rotatable bonds is 7. The summed E-state index contributed by atoms with van der Waals surface area (Å²) in [5, 5.41) is 3.45. The summed E-state index contributed by atoms with van der Waals surface area (Å²) < 4.78 is 0. The second-order valence-electron chi connectivity index (χ2n) is 6.95. The van der Waals surface area contributed by atoms with E-state index in [2.05, 4.69) is 75.6 Å². The van der Waals surface area contributed by atoms with Gasteiger partial charge in [0.15, 0.2) is 5.96 Å². The second kappa shape index (κ2) is 13.3. The summed E-state index contributed by atoms with van der Waals surface area (Å²) in [6.07, 6.45) is 9.12. The van der Waals surface area contributed by atoms with E-state index in [4.69, 9.17) is 4.99 Å². The monoisotopic (exact) mass is 505 g/mol. The zero-order chi connectivity index (χ0) is 19.4. The first-order valence-electron chi connectivity index (χ1n) is 10.2. The molecule has 2 heterocycles. The van der Waals surface area contributed by atoms with Gasteiger partial charge in [0.25, 0.3) is 0 Å². The summed E-state index contributed by atoms with van der Waals surface area (Å²) in [4.78, 5) is 13.9. The summed E-state index contributed by atoms with van der Waals surface area (Å²) >= 11 is 0. The summed E-state index contributed by atoms with van der Waals surface area (Å²) in [5.74, 6) is 1.03. The molecule has 5 nitrogen and oxygen atoms in total. The van der Waals surface area contributed by atoms with Gasteiger partial charge in [-0.1, -0.05) is 48.6 Å². The average Bonchev–Trinajstić information content (AvgIpc) is 2.75. The number of halogens is 1. The Labute approximate surface area is 192 Å². The predicted molar refractivity (Wildman–Crippen MR) is 133 cm³/mol. The van der Waals surface area contributed by atoms with E-state index in [9.17, 15) is 0 Å². The largest absolute Gasteiger partial charge is 0.357 e. The second-order valence-corrected chi connectivity index (χ2v) is 6.95. The van der Waals surface area contributed by atoms with Crippen molar-refractivity contribution in [3.05, 3.63) is 72.1 Å². The number of piperazine rings is 1. The highest BCUT2D eigenvalue weighted by atomic mass is 127. The Hall–Kier alpha value is -1.93.